The third kappa shape index (κ3) is 1.95. The van der Waals surface area contributed by atoms with Crippen LogP contribution in [0.3, 0.4) is 0 Å². The number of aliphatic hydroxyl groups is 2. The summed E-state index contributed by atoms with van der Waals surface area (Å²) < 4.78 is 0. The van der Waals surface area contributed by atoms with E-state index in [2.05, 4.69) is 12.1 Å². The molecule has 0 unspecified atom stereocenters. The SMILES string of the molecule is OCc1ccc2c(c1CO)Sc1ccccc1S2. The van der Waals surface area contributed by atoms with Crippen molar-refractivity contribution in [1.82, 2.24) is 0 Å². The Morgan fingerprint density at radius 2 is 1.50 bits per heavy atom. The van der Waals surface area contributed by atoms with Crippen LogP contribution in [0.2, 0.25) is 0 Å². The zero-order valence-corrected chi connectivity index (χ0v) is 11.2. The van der Waals surface area contributed by atoms with Gasteiger partial charge in [-0.05, 0) is 29.3 Å². The maximum absolute atomic E-state index is 9.52. The van der Waals surface area contributed by atoms with Crippen molar-refractivity contribution >= 4 is 23.5 Å². The lowest BCUT2D eigenvalue weighted by Gasteiger charge is -2.21. The van der Waals surface area contributed by atoms with E-state index in [-0.39, 0.29) is 13.2 Å². The molecule has 2 N–H and O–H groups in total. The molecule has 0 saturated carbocycles. The van der Waals surface area contributed by atoms with E-state index in [0.29, 0.717) is 0 Å². The Hall–Kier alpha value is -0.940. The second kappa shape index (κ2) is 4.97. The highest BCUT2D eigenvalue weighted by atomic mass is 32.2. The summed E-state index contributed by atoms with van der Waals surface area (Å²) in [5, 5.41) is 18.8. The Labute approximate surface area is 114 Å². The highest BCUT2D eigenvalue weighted by Gasteiger charge is 2.20. The summed E-state index contributed by atoms with van der Waals surface area (Å²) in [5.74, 6) is 0. The van der Waals surface area contributed by atoms with Crippen molar-refractivity contribution in [2.45, 2.75) is 32.8 Å². The minimum absolute atomic E-state index is 0.0317. The molecular formula is C14H12O2S2. The fraction of sp³-hybridized carbons (Fsp3) is 0.143. The lowest BCUT2D eigenvalue weighted by Crippen LogP contribution is -2.00. The van der Waals surface area contributed by atoms with E-state index < -0.39 is 0 Å². The van der Waals surface area contributed by atoms with E-state index >= 15 is 0 Å². The molecule has 4 heteroatoms. The Bertz CT molecular complexity index is 596. The molecular weight excluding hydrogens is 264 g/mol. The number of aliphatic hydroxyl groups excluding tert-OH is 2. The van der Waals surface area contributed by atoms with Crippen LogP contribution >= 0.6 is 23.5 Å². The van der Waals surface area contributed by atoms with Gasteiger partial charge in [-0.2, -0.15) is 0 Å². The zero-order chi connectivity index (χ0) is 12.5. The summed E-state index contributed by atoms with van der Waals surface area (Å²) in [4.78, 5) is 4.68. The van der Waals surface area contributed by atoms with Crippen molar-refractivity contribution < 1.29 is 10.2 Å². The van der Waals surface area contributed by atoms with Crippen molar-refractivity contribution in [3.05, 3.63) is 47.5 Å². The number of hydrogen-bond acceptors (Lipinski definition) is 4. The van der Waals surface area contributed by atoms with Crippen LogP contribution in [0, 0.1) is 0 Å². The van der Waals surface area contributed by atoms with E-state index in [1.807, 2.05) is 24.3 Å². The van der Waals surface area contributed by atoms with Gasteiger partial charge in [0, 0.05) is 19.6 Å². The van der Waals surface area contributed by atoms with Gasteiger partial charge in [-0.15, -0.1) is 0 Å². The summed E-state index contributed by atoms with van der Waals surface area (Å²) in [6.45, 7) is -0.0646. The monoisotopic (exact) mass is 276 g/mol. The first-order chi connectivity index (χ1) is 8.83. The minimum Gasteiger partial charge on any atom is -0.392 e. The molecule has 2 nitrogen and oxygen atoms in total. The van der Waals surface area contributed by atoms with E-state index in [9.17, 15) is 10.2 Å². The summed E-state index contributed by atoms with van der Waals surface area (Å²) in [6.07, 6.45) is 0. The normalized spacial score (nSPS) is 13.0. The predicted octanol–water partition coefficient (Wildman–Crippen LogP) is 3.29. The fourth-order valence-corrected chi connectivity index (χ4v) is 4.43. The highest BCUT2D eigenvalue weighted by molar-refractivity contribution is 8.05. The fourth-order valence-electron chi connectivity index (χ4n) is 2.01. The molecule has 1 heterocycles. The van der Waals surface area contributed by atoms with Gasteiger partial charge < -0.3 is 10.2 Å². The Morgan fingerprint density at radius 1 is 0.778 bits per heavy atom. The number of benzene rings is 2. The van der Waals surface area contributed by atoms with Crippen LogP contribution in [0.25, 0.3) is 0 Å². The van der Waals surface area contributed by atoms with Gasteiger partial charge in [0.05, 0.1) is 13.2 Å². The molecule has 0 bridgehead atoms. The molecule has 0 amide bonds. The molecule has 2 aromatic rings. The molecule has 1 aliphatic rings. The molecule has 3 rings (SSSR count). The summed E-state index contributed by atoms with van der Waals surface area (Å²) in [5.41, 5.74) is 1.66. The molecule has 1 aliphatic heterocycles. The van der Waals surface area contributed by atoms with Gasteiger partial charge in [0.25, 0.3) is 0 Å². The maximum Gasteiger partial charge on any atom is 0.0696 e. The second-order valence-electron chi connectivity index (χ2n) is 4.00. The largest absolute Gasteiger partial charge is 0.392 e. The van der Waals surface area contributed by atoms with Gasteiger partial charge in [0.2, 0.25) is 0 Å². The molecule has 0 fully saturated rings. The van der Waals surface area contributed by atoms with Crippen molar-refractivity contribution in [3.63, 3.8) is 0 Å². The van der Waals surface area contributed by atoms with Crippen LogP contribution in [-0.4, -0.2) is 10.2 Å². The van der Waals surface area contributed by atoms with Crippen molar-refractivity contribution in [1.29, 1.82) is 0 Å². The maximum atomic E-state index is 9.52. The Balaban J connectivity index is 2.13. The van der Waals surface area contributed by atoms with Gasteiger partial charge >= 0.3 is 0 Å². The first-order valence-corrected chi connectivity index (χ1v) is 7.28. The van der Waals surface area contributed by atoms with E-state index in [1.165, 1.54) is 9.79 Å². The first-order valence-electron chi connectivity index (χ1n) is 5.64. The van der Waals surface area contributed by atoms with Gasteiger partial charge in [-0.3, -0.25) is 0 Å². The molecule has 0 radical (unpaired) electrons. The smallest absolute Gasteiger partial charge is 0.0696 e. The average molecular weight is 276 g/mol. The van der Waals surface area contributed by atoms with E-state index in [1.54, 1.807) is 23.5 Å². The first kappa shape index (κ1) is 12.1. The van der Waals surface area contributed by atoms with Gasteiger partial charge in [-0.1, -0.05) is 41.7 Å². The van der Waals surface area contributed by atoms with Crippen LogP contribution in [-0.2, 0) is 13.2 Å². The molecule has 0 spiro atoms. The van der Waals surface area contributed by atoms with Crippen LogP contribution in [0.4, 0.5) is 0 Å². The van der Waals surface area contributed by atoms with Crippen LogP contribution in [0.1, 0.15) is 11.1 Å². The predicted molar refractivity (Wildman–Crippen MR) is 73.0 cm³/mol. The molecule has 18 heavy (non-hydrogen) atoms. The van der Waals surface area contributed by atoms with Crippen molar-refractivity contribution in [2.24, 2.45) is 0 Å². The quantitative estimate of drug-likeness (QED) is 0.753. The van der Waals surface area contributed by atoms with Gasteiger partial charge in [0.15, 0.2) is 0 Å². The summed E-state index contributed by atoms with van der Waals surface area (Å²) in [7, 11) is 0. The number of hydrogen-bond donors (Lipinski definition) is 2. The van der Waals surface area contributed by atoms with Crippen molar-refractivity contribution in [2.75, 3.05) is 0 Å². The van der Waals surface area contributed by atoms with E-state index in [0.717, 1.165) is 20.9 Å². The number of rotatable bonds is 2. The van der Waals surface area contributed by atoms with Crippen molar-refractivity contribution in [3.8, 4) is 0 Å². The topological polar surface area (TPSA) is 40.5 Å². The van der Waals surface area contributed by atoms with Gasteiger partial charge in [0.1, 0.15) is 0 Å². The van der Waals surface area contributed by atoms with Gasteiger partial charge in [-0.25, -0.2) is 0 Å². The lowest BCUT2D eigenvalue weighted by molar-refractivity contribution is 0.257. The Morgan fingerprint density at radius 3 is 2.17 bits per heavy atom. The summed E-state index contributed by atoms with van der Waals surface area (Å²) >= 11 is 3.39. The minimum atomic E-state index is -0.0329. The highest BCUT2D eigenvalue weighted by Crippen LogP contribution is 2.50. The lowest BCUT2D eigenvalue weighted by atomic mass is 10.1. The molecule has 0 atom stereocenters. The summed E-state index contributed by atoms with van der Waals surface area (Å²) in [6, 6.07) is 12.2. The third-order valence-corrected chi connectivity index (χ3v) is 5.57. The zero-order valence-electron chi connectivity index (χ0n) is 9.59. The van der Waals surface area contributed by atoms with Crippen LogP contribution < -0.4 is 0 Å². The van der Waals surface area contributed by atoms with E-state index in [4.69, 9.17) is 0 Å². The number of fused-ring (bicyclic) bond motifs is 2. The Kier molecular flexibility index (Phi) is 3.35. The average Bonchev–Trinajstić information content (AvgIpc) is 2.43. The third-order valence-electron chi connectivity index (χ3n) is 2.93. The molecule has 0 saturated heterocycles. The molecule has 2 aromatic carbocycles. The van der Waals surface area contributed by atoms with Crippen LogP contribution in [0.5, 0.6) is 0 Å². The van der Waals surface area contributed by atoms with Crippen LogP contribution in [0.15, 0.2) is 56.0 Å². The second-order valence-corrected chi connectivity index (χ2v) is 6.13. The molecule has 92 valence electrons. The molecule has 0 aliphatic carbocycles. The standard InChI is InChI=1S/C14H12O2S2/c15-7-9-5-6-13-14(10(9)8-16)18-12-4-2-1-3-11(12)17-13/h1-6,15-16H,7-8H2. The molecule has 0 aromatic heterocycles.